The maximum absolute atomic E-state index is 13.3. The summed E-state index contributed by atoms with van der Waals surface area (Å²) in [4.78, 5) is 23.5. The minimum atomic E-state index is -0.614. The van der Waals surface area contributed by atoms with Crippen molar-refractivity contribution in [2.75, 3.05) is 19.8 Å². The van der Waals surface area contributed by atoms with E-state index in [4.69, 9.17) is 21.1 Å². The number of ether oxygens (including phenoxy) is 2. The van der Waals surface area contributed by atoms with Gasteiger partial charge in [0.2, 0.25) is 5.91 Å². The van der Waals surface area contributed by atoms with Crippen LogP contribution in [-0.2, 0) is 14.3 Å². The zero-order valence-electron chi connectivity index (χ0n) is 15.2. The molecule has 0 spiro atoms. The predicted octanol–water partition coefficient (Wildman–Crippen LogP) is 2.81. The monoisotopic (exact) mass is 398 g/mol. The molecule has 1 aromatic rings. The number of carbonyl (C=O) groups excluding carboxylic acids is 2. The Morgan fingerprint density at radius 3 is 2.70 bits per heavy atom. The number of hydrogen-bond acceptors (Lipinski definition) is 4. The van der Waals surface area contributed by atoms with E-state index in [0.29, 0.717) is 18.0 Å². The number of amides is 2. The Morgan fingerprint density at radius 2 is 2.04 bits per heavy atom. The third kappa shape index (κ3) is 7.56. The standard InChI is InChI=1S/C19H24ClFN2O4/c1-12-7-15(8-12)27-11-19(25)23-13(2)5-6-22-18(24)10-26-14-3-4-16(20)17(21)9-14/h3-4,9,12,15H,2,5-8,10-11H2,1H3,(H,22,24)(H,23,25)/t12-,15+. The molecule has 1 aliphatic rings. The largest absolute Gasteiger partial charge is 0.484 e. The van der Waals surface area contributed by atoms with Crippen LogP contribution in [0.5, 0.6) is 5.75 Å². The average molecular weight is 399 g/mol. The lowest BCUT2D eigenvalue weighted by atomic mass is 9.84. The van der Waals surface area contributed by atoms with Crippen LogP contribution in [0.4, 0.5) is 4.39 Å². The maximum Gasteiger partial charge on any atom is 0.257 e. The third-order valence-corrected chi connectivity index (χ3v) is 4.41. The van der Waals surface area contributed by atoms with Gasteiger partial charge in [0.25, 0.3) is 5.91 Å². The average Bonchev–Trinajstić information content (AvgIpc) is 2.58. The van der Waals surface area contributed by atoms with E-state index in [1.165, 1.54) is 12.1 Å². The van der Waals surface area contributed by atoms with Crippen molar-refractivity contribution in [3.63, 3.8) is 0 Å². The molecule has 27 heavy (non-hydrogen) atoms. The number of rotatable bonds is 10. The molecule has 0 saturated heterocycles. The van der Waals surface area contributed by atoms with Gasteiger partial charge in [-0.25, -0.2) is 4.39 Å². The Bertz CT molecular complexity index is 692. The van der Waals surface area contributed by atoms with Crippen LogP contribution in [0.25, 0.3) is 0 Å². The summed E-state index contributed by atoms with van der Waals surface area (Å²) in [7, 11) is 0. The minimum absolute atomic E-state index is 0.00819. The summed E-state index contributed by atoms with van der Waals surface area (Å²) in [6.07, 6.45) is 2.54. The molecular formula is C19H24ClFN2O4. The molecule has 0 unspecified atom stereocenters. The third-order valence-electron chi connectivity index (χ3n) is 4.11. The highest BCUT2D eigenvalue weighted by Crippen LogP contribution is 2.28. The number of benzene rings is 1. The predicted molar refractivity (Wildman–Crippen MR) is 100.0 cm³/mol. The SMILES string of the molecule is C=C(CCNC(=O)COc1ccc(Cl)c(F)c1)NC(=O)CO[C@H]1C[C@@H](C)C1. The summed E-state index contributed by atoms with van der Waals surface area (Å²) in [5.74, 6) is -0.354. The fourth-order valence-electron chi connectivity index (χ4n) is 2.57. The van der Waals surface area contributed by atoms with Gasteiger partial charge in [-0.05, 0) is 30.9 Å². The lowest BCUT2D eigenvalue weighted by Gasteiger charge is -2.32. The summed E-state index contributed by atoms with van der Waals surface area (Å²) < 4.78 is 23.9. The molecule has 1 aromatic carbocycles. The van der Waals surface area contributed by atoms with Crippen molar-refractivity contribution in [3.8, 4) is 5.75 Å². The molecule has 2 amide bonds. The molecule has 0 atom stereocenters. The van der Waals surface area contributed by atoms with Crippen molar-refractivity contribution in [2.24, 2.45) is 5.92 Å². The molecule has 0 heterocycles. The van der Waals surface area contributed by atoms with Crippen molar-refractivity contribution in [1.29, 1.82) is 0 Å². The van der Waals surface area contributed by atoms with E-state index >= 15 is 0 Å². The molecule has 6 nitrogen and oxygen atoms in total. The van der Waals surface area contributed by atoms with Crippen molar-refractivity contribution < 1.29 is 23.5 Å². The summed E-state index contributed by atoms with van der Waals surface area (Å²) in [5.41, 5.74) is 0.492. The van der Waals surface area contributed by atoms with Crippen LogP contribution in [0.1, 0.15) is 26.2 Å². The van der Waals surface area contributed by atoms with Crippen LogP contribution in [-0.4, -0.2) is 37.7 Å². The van der Waals surface area contributed by atoms with E-state index in [0.717, 1.165) is 18.9 Å². The van der Waals surface area contributed by atoms with E-state index in [2.05, 4.69) is 24.1 Å². The number of nitrogens with one attached hydrogen (secondary N) is 2. The molecule has 0 aromatic heterocycles. The van der Waals surface area contributed by atoms with Crippen LogP contribution < -0.4 is 15.4 Å². The van der Waals surface area contributed by atoms with Gasteiger partial charge in [-0.1, -0.05) is 25.1 Å². The lowest BCUT2D eigenvalue weighted by molar-refractivity contribution is -0.130. The van der Waals surface area contributed by atoms with Gasteiger partial charge >= 0.3 is 0 Å². The second-order valence-electron chi connectivity index (χ2n) is 6.63. The molecule has 0 radical (unpaired) electrons. The van der Waals surface area contributed by atoms with Crippen molar-refractivity contribution >= 4 is 23.4 Å². The van der Waals surface area contributed by atoms with Gasteiger partial charge in [-0.3, -0.25) is 9.59 Å². The normalized spacial score (nSPS) is 18.3. The van der Waals surface area contributed by atoms with Crippen molar-refractivity contribution in [3.05, 3.63) is 41.3 Å². The minimum Gasteiger partial charge on any atom is -0.484 e. The van der Waals surface area contributed by atoms with Gasteiger partial charge in [0, 0.05) is 24.7 Å². The van der Waals surface area contributed by atoms with Gasteiger partial charge in [-0.2, -0.15) is 0 Å². The van der Waals surface area contributed by atoms with Crippen molar-refractivity contribution in [1.82, 2.24) is 10.6 Å². The Hall–Kier alpha value is -2.12. The highest BCUT2D eigenvalue weighted by molar-refractivity contribution is 6.30. The molecule has 0 aliphatic heterocycles. The lowest BCUT2D eigenvalue weighted by Crippen LogP contribution is -2.35. The van der Waals surface area contributed by atoms with Gasteiger partial charge in [0.05, 0.1) is 11.1 Å². The first-order valence-electron chi connectivity index (χ1n) is 8.77. The van der Waals surface area contributed by atoms with Crippen LogP contribution in [0.2, 0.25) is 5.02 Å². The quantitative estimate of drug-likeness (QED) is 0.635. The summed E-state index contributed by atoms with van der Waals surface area (Å²) in [6, 6.07) is 3.94. The highest BCUT2D eigenvalue weighted by atomic mass is 35.5. The molecule has 2 N–H and O–H groups in total. The van der Waals surface area contributed by atoms with E-state index in [1.54, 1.807) is 0 Å². The highest BCUT2D eigenvalue weighted by Gasteiger charge is 2.26. The van der Waals surface area contributed by atoms with E-state index < -0.39 is 5.82 Å². The molecule has 8 heteroatoms. The topological polar surface area (TPSA) is 76.7 Å². The van der Waals surface area contributed by atoms with E-state index in [-0.39, 0.29) is 48.4 Å². The molecule has 2 rings (SSSR count). The first-order chi connectivity index (χ1) is 12.8. The number of halogens is 2. The van der Waals surface area contributed by atoms with Crippen LogP contribution in [0, 0.1) is 11.7 Å². The summed E-state index contributed by atoms with van der Waals surface area (Å²) in [5, 5.41) is 5.26. The Balaban J connectivity index is 1.55. The van der Waals surface area contributed by atoms with Crippen LogP contribution in [0.3, 0.4) is 0 Å². The van der Waals surface area contributed by atoms with Crippen molar-refractivity contribution in [2.45, 2.75) is 32.3 Å². The zero-order valence-corrected chi connectivity index (χ0v) is 16.0. The van der Waals surface area contributed by atoms with Crippen LogP contribution >= 0.6 is 11.6 Å². The van der Waals surface area contributed by atoms with Gasteiger partial charge < -0.3 is 20.1 Å². The van der Waals surface area contributed by atoms with Gasteiger partial charge in [-0.15, -0.1) is 0 Å². The van der Waals surface area contributed by atoms with Gasteiger partial charge in [0.15, 0.2) is 6.61 Å². The summed E-state index contributed by atoms with van der Waals surface area (Å²) in [6.45, 7) is 5.94. The van der Waals surface area contributed by atoms with E-state index in [1.807, 2.05) is 0 Å². The molecule has 1 fully saturated rings. The van der Waals surface area contributed by atoms with Gasteiger partial charge in [0.1, 0.15) is 18.2 Å². The first-order valence-corrected chi connectivity index (χ1v) is 9.15. The Labute approximate surface area is 163 Å². The molecule has 0 bridgehead atoms. The molecule has 148 valence electrons. The fourth-order valence-corrected chi connectivity index (χ4v) is 2.69. The summed E-state index contributed by atoms with van der Waals surface area (Å²) >= 11 is 5.57. The molecular weight excluding hydrogens is 375 g/mol. The molecule has 1 saturated carbocycles. The van der Waals surface area contributed by atoms with E-state index in [9.17, 15) is 14.0 Å². The first kappa shape index (κ1) is 21.2. The number of hydrogen-bond donors (Lipinski definition) is 2. The fraction of sp³-hybridized carbons (Fsp3) is 0.474. The Morgan fingerprint density at radius 1 is 1.30 bits per heavy atom. The Kier molecular flexibility index (Phi) is 8.06. The number of carbonyl (C=O) groups is 2. The smallest absolute Gasteiger partial charge is 0.257 e. The molecule has 1 aliphatic carbocycles. The second-order valence-corrected chi connectivity index (χ2v) is 7.03. The van der Waals surface area contributed by atoms with Crippen LogP contribution in [0.15, 0.2) is 30.5 Å². The second kappa shape index (κ2) is 10.3. The maximum atomic E-state index is 13.3. The zero-order chi connectivity index (χ0) is 19.8.